The Morgan fingerprint density at radius 3 is 1.42 bits per heavy atom. The molecular formula is C16H33O2Si. The predicted octanol–water partition coefficient (Wildman–Crippen LogP) is 5.49. The second kappa shape index (κ2) is 5.59. The summed E-state index contributed by atoms with van der Waals surface area (Å²) in [6, 6.07) is 0. The lowest BCUT2D eigenvalue weighted by atomic mass is 10.2. The van der Waals surface area contributed by atoms with Crippen LogP contribution in [0.2, 0.25) is 15.1 Å². The number of hydrogen-bond acceptors (Lipinski definition) is 2. The van der Waals surface area contributed by atoms with Gasteiger partial charge >= 0.3 is 0 Å². The van der Waals surface area contributed by atoms with Crippen LogP contribution in [0, 0.1) is 6.92 Å². The molecule has 0 amide bonds. The van der Waals surface area contributed by atoms with E-state index < -0.39 is 8.32 Å². The summed E-state index contributed by atoms with van der Waals surface area (Å²) in [6.07, 6.45) is 1.01. The van der Waals surface area contributed by atoms with Crippen LogP contribution < -0.4 is 0 Å². The maximum absolute atomic E-state index is 12.2. The van der Waals surface area contributed by atoms with Crippen molar-refractivity contribution in [2.45, 2.75) is 90.3 Å². The second-order valence-electron chi connectivity index (χ2n) is 8.51. The molecule has 0 rings (SSSR count). The lowest BCUT2D eigenvalue weighted by molar-refractivity contribution is -0.136. The Hall–Kier alpha value is -0.313. The van der Waals surface area contributed by atoms with E-state index in [0.29, 0.717) is 12.8 Å². The SMILES string of the molecule is [CH2]CCC(=O)O[Si](C(C)(C)C)(C(C)(C)C)C(C)(C)C. The quantitative estimate of drug-likeness (QED) is 0.641. The highest BCUT2D eigenvalue weighted by molar-refractivity contribution is 6.83. The molecule has 0 aromatic rings. The Morgan fingerprint density at radius 1 is 0.895 bits per heavy atom. The molecule has 0 aliphatic carbocycles. The number of carbonyl (C=O) groups excluding carboxylic acids is 1. The summed E-state index contributed by atoms with van der Waals surface area (Å²) in [5.41, 5.74) is 0. The van der Waals surface area contributed by atoms with E-state index in [1.807, 2.05) is 0 Å². The smallest absolute Gasteiger partial charge is 0.292 e. The van der Waals surface area contributed by atoms with E-state index in [0.717, 1.165) is 0 Å². The number of hydrogen-bond donors (Lipinski definition) is 0. The first-order chi connectivity index (χ1) is 8.20. The molecule has 0 heterocycles. The summed E-state index contributed by atoms with van der Waals surface area (Å²) in [5, 5.41) is -0.0407. The van der Waals surface area contributed by atoms with Crippen LogP contribution in [0.3, 0.4) is 0 Å². The Labute approximate surface area is 121 Å². The fourth-order valence-electron chi connectivity index (χ4n) is 4.20. The van der Waals surface area contributed by atoms with E-state index in [4.69, 9.17) is 4.43 Å². The molecule has 0 unspecified atom stereocenters. The third-order valence-electron chi connectivity index (χ3n) is 3.82. The molecule has 0 aliphatic rings. The highest BCUT2D eigenvalue weighted by Crippen LogP contribution is 2.62. The minimum atomic E-state index is -2.38. The van der Waals surface area contributed by atoms with Crippen LogP contribution in [0.4, 0.5) is 0 Å². The van der Waals surface area contributed by atoms with Gasteiger partial charge in [0.25, 0.3) is 14.3 Å². The van der Waals surface area contributed by atoms with Crippen LogP contribution >= 0.6 is 0 Å². The normalized spacial score (nSPS) is 14.4. The van der Waals surface area contributed by atoms with E-state index in [1.165, 1.54) is 0 Å². The molecule has 0 spiro atoms. The summed E-state index contributed by atoms with van der Waals surface area (Å²) in [6.45, 7) is 23.7. The fraction of sp³-hybridized carbons (Fsp3) is 0.875. The molecule has 0 saturated heterocycles. The fourth-order valence-corrected chi connectivity index (χ4v) is 12.3. The topological polar surface area (TPSA) is 26.3 Å². The van der Waals surface area contributed by atoms with Crippen molar-refractivity contribution < 1.29 is 9.22 Å². The average molecular weight is 286 g/mol. The van der Waals surface area contributed by atoms with Gasteiger partial charge in [0.05, 0.1) is 0 Å². The van der Waals surface area contributed by atoms with Gasteiger partial charge in [0.15, 0.2) is 0 Å². The molecule has 0 aromatic carbocycles. The molecule has 113 valence electrons. The Kier molecular flexibility index (Phi) is 5.50. The Bertz CT molecular complexity index is 277. The molecule has 0 bridgehead atoms. The Balaban J connectivity index is 5.90. The van der Waals surface area contributed by atoms with Crippen LogP contribution in [0.15, 0.2) is 0 Å². The van der Waals surface area contributed by atoms with Crippen LogP contribution in [0.1, 0.15) is 75.2 Å². The van der Waals surface area contributed by atoms with Crippen LogP contribution in [0.25, 0.3) is 0 Å². The molecule has 0 N–H and O–H groups in total. The van der Waals surface area contributed by atoms with E-state index in [9.17, 15) is 4.79 Å². The summed E-state index contributed by atoms with van der Waals surface area (Å²) in [5.74, 6) is -0.0820. The molecule has 1 radical (unpaired) electrons. The van der Waals surface area contributed by atoms with Crippen molar-refractivity contribution in [1.82, 2.24) is 0 Å². The van der Waals surface area contributed by atoms with Gasteiger partial charge in [-0.05, 0) is 21.5 Å². The van der Waals surface area contributed by atoms with Crippen molar-refractivity contribution in [1.29, 1.82) is 0 Å². The number of rotatable bonds is 3. The second-order valence-corrected chi connectivity index (χ2v) is 14.6. The molecule has 0 aliphatic heterocycles. The van der Waals surface area contributed by atoms with Crippen LogP contribution in [-0.4, -0.2) is 14.3 Å². The zero-order chi connectivity index (χ0) is 15.7. The first kappa shape index (κ1) is 18.7. The first-order valence-electron chi connectivity index (χ1n) is 7.22. The summed E-state index contributed by atoms with van der Waals surface area (Å²) >= 11 is 0. The van der Waals surface area contributed by atoms with Crippen molar-refractivity contribution in [2.24, 2.45) is 0 Å². The number of carbonyl (C=O) groups is 1. The molecule has 19 heavy (non-hydrogen) atoms. The van der Waals surface area contributed by atoms with Gasteiger partial charge in [0.2, 0.25) is 0 Å². The lowest BCUT2D eigenvalue weighted by Crippen LogP contribution is -2.61. The van der Waals surface area contributed by atoms with Gasteiger partial charge in [-0.3, -0.25) is 4.79 Å². The van der Waals surface area contributed by atoms with Crippen molar-refractivity contribution in [2.75, 3.05) is 0 Å². The third kappa shape index (κ3) is 3.62. The Morgan fingerprint density at radius 2 is 1.21 bits per heavy atom. The minimum Gasteiger partial charge on any atom is -0.517 e. The van der Waals surface area contributed by atoms with Crippen molar-refractivity contribution >= 4 is 14.3 Å². The highest BCUT2D eigenvalue weighted by atomic mass is 28.4. The summed E-state index contributed by atoms with van der Waals surface area (Å²) in [7, 11) is -2.38. The van der Waals surface area contributed by atoms with Gasteiger partial charge in [-0.1, -0.05) is 69.2 Å². The van der Waals surface area contributed by atoms with E-state index in [-0.39, 0.29) is 21.1 Å². The largest absolute Gasteiger partial charge is 0.517 e. The zero-order valence-corrected chi connectivity index (χ0v) is 15.4. The van der Waals surface area contributed by atoms with Crippen molar-refractivity contribution in [3.8, 4) is 0 Å². The molecule has 0 saturated carbocycles. The first-order valence-corrected chi connectivity index (χ1v) is 9.12. The van der Waals surface area contributed by atoms with E-state index in [1.54, 1.807) is 0 Å². The predicted molar refractivity (Wildman–Crippen MR) is 85.6 cm³/mol. The summed E-state index contributed by atoms with van der Waals surface area (Å²) in [4.78, 5) is 12.2. The van der Waals surface area contributed by atoms with Crippen LogP contribution in [-0.2, 0) is 9.22 Å². The lowest BCUT2D eigenvalue weighted by Gasteiger charge is -2.56. The van der Waals surface area contributed by atoms with Gasteiger partial charge in [-0.2, -0.15) is 0 Å². The van der Waals surface area contributed by atoms with Gasteiger partial charge in [-0.25, -0.2) is 0 Å². The van der Waals surface area contributed by atoms with Gasteiger partial charge < -0.3 is 4.43 Å². The third-order valence-corrected chi connectivity index (χ3v) is 10.7. The van der Waals surface area contributed by atoms with Crippen molar-refractivity contribution in [3.05, 3.63) is 6.92 Å². The maximum Gasteiger partial charge on any atom is 0.292 e. The van der Waals surface area contributed by atoms with Crippen LogP contribution in [0.5, 0.6) is 0 Å². The molecular weight excluding hydrogens is 252 g/mol. The highest BCUT2D eigenvalue weighted by Gasteiger charge is 2.64. The van der Waals surface area contributed by atoms with Gasteiger partial charge in [0, 0.05) is 6.42 Å². The molecule has 3 heteroatoms. The van der Waals surface area contributed by atoms with E-state index >= 15 is 0 Å². The van der Waals surface area contributed by atoms with Crippen molar-refractivity contribution in [3.63, 3.8) is 0 Å². The summed E-state index contributed by atoms with van der Waals surface area (Å²) < 4.78 is 6.23. The van der Waals surface area contributed by atoms with E-state index in [2.05, 4.69) is 69.2 Å². The minimum absolute atomic E-state index is 0.0136. The zero-order valence-electron chi connectivity index (χ0n) is 14.4. The molecule has 0 aromatic heterocycles. The molecule has 0 atom stereocenters. The maximum atomic E-state index is 12.2. The average Bonchev–Trinajstić information content (AvgIpc) is 2.08. The standard InChI is InChI=1S/C16H33O2Si/c1-11-12-13(17)18-19(14(2,3)4,15(5,6)7)16(8,9)10/h1,11-12H2,2-10H3. The van der Waals surface area contributed by atoms with Gasteiger partial charge in [-0.15, -0.1) is 0 Å². The molecule has 2 nitrogen and oxygen atoms in total. The monoisotopic (exact) mass is 285 g/mol. The molecule has 0 fully saturated rings. The van der Waals surface area contributed by atoms with Gasteiger partial charge in [0.1, 0.15) is 0 Å².